The standard InChI is InChI=1S/C17H12BrNO4/c1-23-15-7-6-10(8-13(15)18)16(20)19-9-12(17(21)22)11-4-2-3-5-14(11)19/h2-9H,1H3,(H,21,22). The average molecular weight is 374 g/mol. The molecule has 0 bridgehead atoms. The molecule has 6 heteroatoms. The molecule has 3 aromatic rings. The number of para-hydroxylation sites is 1. The number of aromatic carboxylic acids is 1. The Bertz CT molecular complexity index is 929. The molecule has 1 heterocycles. The van der Waals surface area contributed by atoms with Gasteiger partial charge < -0.3 is 9.84 Å². The highest BCUT2D eigenvalue weighted by Crippen LogP contribution is 2.27. The smallest absolute Gasteiger partial charge is 0.337 e. The number of carbonyl (C=O) groups is 2. The van der Waals surface area contributed by atoms with Gasteiger partial charge in [0.1, 0.15) is 5.75 Å². The van der Waals surface area contributed by atoms with Crippen molar-refractivity contribution in [2.24, 2.45) is 0 Å². The molecule has 0 spiro atoms. The summed E-state index contributed by atoms with van der Waals surface area (Å²) >= 11 is 3.35. The summed E-state index contributed by atoms with van der Waals surface area (Å²) in [5.41, 5.74) is 1.08. The van der Waals surface area contributed by atoms with Crippen molar-refractivity contribution in [3.63, 3.8) is 0 Å². The van der Waals surface area contributed by atoms with E-state index in [1.165, 1.54) is 10.8 Å². The van der Waals surface area contributed by atoms with Gasteiger partial charge in [-0.15, -0.1) is 0 Å². The van der Waals surface area contributed by atoms with Crippen molar-refractivity contribution in [3.05, 3.63) is 64.3 Å². The number of hydrogen-bond acceptors (Lipinski definition) is 3. The minimum Gasteiger partial charge on any atom is -0.496 e. The first kappa shape index (κ1) is 15.3. The Labute approximate surface area is 140 Å². The Balaban J connectivity index is 2.15. The number of carboxylic acids is 1. The van der Waals surface area contributed by atoms with E-state index in [9.17, 15) is 14.7 Å². The molecule has 0 radical (unpaired) electrons. The zero-order chi connectivity index (χ0) is 16.6. The van der Waals surface area contributed by atoms with Crippen LogP contribution >= 0.6 is 15.9 Å². The molecule has 0 atom stereocenters. The van der Waals surface area contributed by atoms with E-state index in [-0.39, 0.29) is 11.5 Å². The summed E-state index contributed by atoms with van der Waals surface area (Å²) < 4.78 is 7.16. The van der Waals surface area contributed by atoms with E-state index in [1.54, 1.807) is 49.6 Å². The molecule has 0 aliphatic rings. The number of ether oxygens (including phenoxy) is 1. The topological polar surface area (TPSA) is 68.5 Å². The van der Waals surface area contributed by atoms with Gasteiger partial charge in [0.2, 0.25) is 0 Å². The van der Waals surface area contributed by atoms with Crippen LogP contribution in [0, 0.1) is 0 Å². The van der Waals surface area contributed by atoms with Crippen molar-refractivity contribution in [1.29, 1.82) is 0 Å². The molecular weight excluding hydrogens is 362 g/mol. The van der Waals surface area contributed by atoms with Gasteiger partial charge in [0.15, 0.2) is 0 Å². The number of carboxylic acid groups (broad SMARTS) is 1. The Morgan fingerprint density at radius 3 is 2.57 bits per heavy atom. The van der Waals surface area contributed by atoms with Crippen molar-refractivity contribution in [3.8, 4) is 5.75 Å². The lowest BCUT2D eigenvalue weighted by Gasteiger charge is -2.07. The summed E-state index contributed by atoms with van der Waals surface area (Å²) in [6.07, 6.45) is 1.35. The van der Waals surface area contributed by atoms with Crippen LogP contribution in [-0.4, -0.2) is 28.7 Å². The molecule has 5 nitrogen and oxygen atoms in total. The monoisotopic (exact) mass is 373 g/mol. The first-order valence-electron chi connectivity index (χ1n) is 6.74. The lowest BCUT2D eigenvalue weighted by atomic mass is 10.2. The first-order chi connectivity index (χ1) is 11.0. The van der Waals surface area contributed by atoms with Gasteiger partial charge >= 0.3 is 5.97 Å². The lowest BCUT2D eigenvalue weighted by Crippen LogP contribution is -2.11. The molecule has 0 amide bonds. The number of nitrogens with zero attached hydrogens (tertiary/aromatic N) is 1. The predicted molar refractivity (Wildman–Crippen MR) is 89.3 cm³/mol. The highest BCUT2D eigenvalue weighted by atomic mass is 79.9. The third-order valence-corrected chi connectivity index (χ3v) is 4.18. The van der Waals surface area contributed by atoms with Gasteiger partial charge in [-0.05, 0) is 40.2 Å². The molecule has 23 heavy (non-hydrogen) atoms. The maximum atomic E-state index is 12.8. The van der Waals surface area contributed by atoms with Gasteiger partial charge in [-0.2, -0.15) is 0 Å². The summed E-state index contributed by atoms with van der Waals surface area (Å²) in [6, 6.07) is 11.9. The van der Waals surface area contributed by atoms with E-state index in [4.69, 9.17) is 4.74 Å². The fourth-order valence-corrected chi connectivity index (χ4v) is 3.00. The summed E-state index contributed by atoms with van der Waals surface area (Å²) in [5.74, 6) is -0.758. The number of aromatic nitrogens is 1. The molecule has 0 saturated carbocycles. The molecule has 0 unspecified atom stereocenters. The molecule has 0 aliphatic carbocycles. The van der Waals surface area contributed by atoms with Gasteiger partial charge in [0.25, 0.3) is 5.91 Å². The molecule has 0 saturated heterocycles. The Morgan fingerprint density at radius 2 is 1.91 bits per heavy atom. The summed E-state index contributed by atoms with van der Waals surface area (Å²) in [5, 5.41) is 9.84. The third-order valence-electron chi connectivity index (χ3n) is 3.56. The zero-order valence-corrected chi connectivity index (χ0v) is 13.7. The van der Waals surface area contributed by atoms with Gasteiger partial charge in [0, 0.05) is 17.1 Å². The second-order valence-corrected chi connectivity index (χ2v) is 5.74. The van der Waals surface area contributed by atoms with Crippen molar-refractivity contribution in [1.82, 2.24) is 4.57 Å². The minimum atomic E-state index is -1.07. The van der Waals surface area contributed by atoms with E-state index < -0.39 is 5.97 Å². The van der Waals surface area contributed by atoms with Crippen molar-refractivity contribution < 1.29 is 19.4 Å². The maximum absolute atomic E-state index is 12.8. The fraction of sp³-hybridized carbons (Fsp3) is 0.0588. The number of carbonyl (C=O) groups excluding carboxylic acids is 1. The van der Waals surface area contributed by atoms with E-state index in [0.29, 0.717) is 26.7 Å². The molecule has 116 valence electrons. The number of rotatable bonds is 3. The second kappa shape index (κ2) is 5.89. The zero-order valence-electron chi connectivity index (χ0n) is 12.1. The largest absolute Gasteiger partial charge is 0.496 e. The summed E-state index contributed by atoms with van der Waals surface area (Å²) in [4.78, 5) is 24.1. The van der Waals surface area contributed by atoms with Crippen LogP contribution in [-0.2, 0) is 0 Å². The molecule has 0 fully saturated rings. The highest BCUT2D eigenvalue weighted by molar-refractivity contribution is 9.10. The second-order valence-electron chi connectivity index (χ2n) is 4.89. The maximum Gasteiger partial charge on any atom is 0.337 e. The van der Waals surface area contributed by atoms with Gasteiger partial charge in [-0.3, -0.25) is 9.36 Å². The summed E-state index contributed by atoms with van der Waals surface area (Å²) in [6.45, 7) is 0. The number of fused-ring (bicyclic) bond motifs is 1. The van der Waals surface area contributed by atoms with E-state index in [1.807, 2.05) is 0 Å². The molecule has 1 N–H and O–H groups in total. The van der Waals surface area contributed by atoms with Crippen LogP contribution in [0.5, 0.6) is 5.75 Å². The Hall–Kier alpha value is -2.60. The quantitative estimate of drug-likeness (QED) is 0.757. The van der Waals surface area contributed by atoms with E-state index in [0.717, 1.165) is 0 Å². The Kier molecular flexibility index (Phi) is 3.92. The van der Waals surface area contributed by atoms with Gasteiger partial charge in [-0.25, -0.2) is 4.79 Å². The fourth-order valence-electron chi connectivity index (χ4n) is 2.46. The third kappa shape index (κ3) is 2.61. The normalized spacial score (nSPS) is 10.7. The van der Waals surface area contributed by atoms with Gasteiger partial charge in [-0.1, -0.05) is 18.2 Å². The SMILES string of the molecule is COc1ccc(C(=O)n2cc(C(=O)O)c3ccccc32)cc1Br. The molecule has 0 aliphatic heterocycles. The molecular formula is C17H12BrNO4. The first-order valence-corrected chi connectivity index (χ1v) is 7.54. The van der Waals surface area contributed by atoms with E-state index >= 15 is 0 Å². The highest BCUT2D eigenvalue weighted by Gasteiger charge is 2.19. The lowest BCUT2D eigenvalue weighted by molar-refractivity contribution is 0.0699. The van der Waals surface area contributed by atoms with Crippen LogP contribution in [0.2, 0.25) is 0 Å². The average Bonchev–Trinajstić information content (AvgIpc) is 2.94. The molecule has 1 aromatic heterocycles. The van der Waals surface area contributed by atoms with Crippen molar-refractivity contribution >= 4 is 38.7 Å². The van der Waals surface area contributed by atoms with Crippen LogP contribution in [0.25, 0.3) is 10.9 Å². The number of methoxy groups -OCH3 is 1. The van der Waals surface area contributed by atoms with E-state index in [2.05, 4.69) is 15.9 Å². The van der Waals surface area contributed by atoms with Crippen LogP contribution < -0.4 is 4.74 Å². The van der Waals surface area contributed by atoms with Crippen molar-refractivity contribution in [2.45, 2.75) is 0 Å². The Morgan fingerprint density at radius 1 is 1.17 bits per heavy atom. The van der Waals surface area contributed by atoms with Crippen LogP contribution in [0.4, 0.5) is 0 Å². The number of hydrogen-bond donors (Lipinski definition) is 1. The minimum absolute atomic E-state index is 0.0986. The molecule has 3 rings (SSSR count). The number of halogens is 1. The predicted octanol–water partition coefficient (Wildman–Crippen LogP) is 3.80. The molecule has 2 aromatic carbocycles. The van der Waals surface area contributed by atoms with Crippen LogP contribution in [0.3, 0.4) is 0 Å². The van der Waals surface area contributed by atoms with Crippen molar-refractivity contribution in [2.75, 3.05) is 7.11 Å². The summed E-state index contributed by atoms with van der Waals surface area (Å²) in [7, 11) is 1.54. The van der Waals surface area contributed by atoms with Crippen LogP contribution in [0.1, 0.15) is 20.7 Å². The van der Waals surface area contributed by atoms with Gasteiger partial charge in [0.05, 0.1) is 22.7 Å². The number of benzene rings is 2. The van der Waals surface area contributed by atoms with Crippen LogP contribution in [0.15, 0.2) is 53.1 Å².